The molecule has 1 aliphatic heterocycles. The predicted molar refractivity (Wildman–Crippen MR) is 121 cm³/mol. The highest BCUT2D eigenvalue weighted by atomic mass is 19.1. The van der Waals surface area contributed by atoms with Gasteiger partial charge in [0.15, 0.2) is 0 Å². The zero-order valence-electron chi connectivity index (χ0n) is 18.8. The lowest BCUT2D eigenvalue weighted by atomic mass is 10.1. The average molecular weight is 437 g/mol. The highest BCUT2D eigenvalue weighted by Gasteiger charge is 2.26. The van der Waals surface area contributed by atoms with Gasteiger partial charge in [-0.15, -0.1) is 0 Å². The Kier molecular flexibility index (Phi) is 6.60. The second kappa shape index (κ2) is 9.56. The van der Waals surface area contributed by atoms with E-state index in [1.165, 1.54) is 12.5 Å². The minimum Gasteiger partial charge on any atom is -0.350 e. The molecule has 2 aromatic heterocycles. The quantitative estimate of drug-likeness (QED) is 0.610. The number of likely N-dealkylation sites (tertiary alicyclic amines) is 1. The Morgan fingerprint density at radius 2 is 2.09 bits per heavy atom. The van der Waals surface area contributed by atoms with Crippen LogP contribution in [-0.4, -0.2) is 56.2 Å². The lowest BCUT2D eigenvalue weighted by Gasteiger charge is -2.23. The number of likely N-dealkylation sites (N-methyl/N-ethyl adjacent to an activating group) is 1. The molecule has 1 atom stereocenters. The van der Waals surface area contributed by atoms with Crippen molar-refractivity contribution in [2.24, 2.45) is 0 Å². The molecule has 1 saturated heterocycles. The lowest BCUT2D eigenvalue weighted by molar-refractivity contribution is 0.0940. The average Bonchev–Trinajstić information content (AvgIpc) is 3.45. The van der Waals surface area contributed by atoms with E-state index in [0.717, 1.165) is 25.2 Å². The number of carbonyl (C=O) groups is 1. The Balaban J connectivity index is 1.61. The van der Waals surface area contributed by atoms with Gasteiger partial charge in [-0.3, -0.25) is 9.69 Å². The molecular weight excluding hydrogens is 407 g/mol. The van der Waals surface area contributed by atoms with Crippen molar-refractivity contribution in [2.45, 2.75) is 45.6 Å². The van der Waals surface area contributed by atoms with Gasteiger partial charge in [-0.25, -0.2) is 19.0 Å². The number of rotatable bonds is 7. The second-order valence-corrected chi connectivity index (χ2v) is 8.37. The van der Waals surface area contributed by atoms with Crippen molar-refractivity contribution >= 4 is 5.91 Å². The summed E-state index contributed by atoms with van der Waals surface area (Å²) >= 11 is 0. The molecule has 1 aromatic carbocycles. The molecular formula is C24H29FN6O. The largest absolute Gasteiger partial charge is 0.350 e. The molecule has 3 aromatic rings. The van der Waals surface area contributed by atoms with Crippen LogP contribution in [0.15, 0.2) is 42.7 Å². The van der Waals surface area contributed by atoms with Gasteiger partial charge in [0.05, 0.1) is 23.1 Å². The summed E-state index contributed by atoms with van der Waals surface area (Å²) in [4.78, 5) is 24.3. The van der Waals surface area contributed by atoms with Gasteiger partial charge < -0.3 is 5.32 Å². The monoisotopic (exact) mass is 436 g/mol. The van der Waals surface area contributed by atoms with Gasteiger partial charge in [-0.2, -0.15) is 5.10 Å². The molecule has 32 heavy (non-hydrogen) atoms. The van der Waals surface area contributed by atoms with Crippen molar-refractivity contribution in [3.8, 4) is 17.2 Å². The van der Waals surface area contributed by atoms with Gasteiger partial charge in [-0.05, 0) is 50.0 Å². The van der Waals surface area contributed by atoms with Crippen LogP contribution in [0.1, 0.15) is 55.6 Å². The van der Waals surface area contributed by atoms with E-state index in [0.29, 0.717) is 35.4 Å². The third-order valence-electron chi connectivity index (χ3n) is 5.98. The molecule has 1 aliphatic rings. The fourth-order valence-corrected chi connectivity index (χ4v) is 4.37. The number of carbonyl (C=O) groups excluding carboxylic acids is 1. The summed E-state index contributed by atoms with van der Waals surface area (Å²) < 4.78 is 15.8. The van der Waals surface area contributed by atoms with E-state index < -0.39 is 0 Å². The highest BCUT2D eigenvalue weighted by Crippen LogP contribution is 2.25. The molecule has 0 bridgehead atoms. The maximum absolute atomic E-state index is 14.3. The van der Waals surface area contributed by atoms with E-state index >= 15 is 0 Å². The number of nitrogens with zero attached hydrogens (tertiary/aromatic N) is 5. The molecule has 1 amide bonds. The van der Waals surface area contributed by atoms with Crippen LogP contribution in [0.4, 0.5) is 4.39 Å². The van der Waals surface area contributed by atoms with Crippen molar-refractivity contribution in [1.82, 2.24) is 30.0 Å². The number of aromatic nitrogens is 4. The Labute approximate surface area is 187 Å². The molecule has 1 N–H and O–H groups in total. The van der Waals surface area contributed by atoms with Gasteiger partial charge in [0.2, 0.25) is 0 Å². The summed E-state index contributed by atoms with van der Waals surface area (Å²) in [6.07, 6.45) is 5.41. The summed E-state index contributed by atoms with van der Waals surface area (Å²) in [5.74, 6) is -0.179. The van der Waals surface area contributed by atoms with Crippen LogP contribution in [-0.2, 0) is 0 Å². The first-order chi connectivity index (χ1) is 15.5. The van der Waals surface area contributed by atoms with E-state index in [4.69, 9.17) is 0 Å². The Hall–Kier alpha value is -3.13. The maximum Gasteiger partial charge on any atom is 0.254 e. The summed E-state index contributed by atoms with van der Waals surface area (Å²) in [5, 5.41) is 7.51. The fraction of sp³-hybridized carbons (Fsp3) is 0.417. The molecule has 4 rings (SSSR count). The maximum atomic E-state index is 14.3. The Bertz CT molecular complexity index is 1100. The summed E-state index contributed by atoms with van der Waals surface area (Å²) in [6, 6.07) is 8.52. The van der Waals surface area contributed by atoms with Gasteiger partial charge >= 0.3 is 0 Å². The lowest BCUT2D eigenvalue weighted by Crippen LogP contribution is -2.40. The highest BCUT2D eigenvalue weighted by molar-refractivity contribution is 5.95. The minimum atomic E-state index is -0.352. The van der Waals surface area contributed by atoms with Gasteiger partial charge in [0.1, 0.15) is 5.82 Å². The fourth-order valence-electron chi connectivity index (χ4n) is 4.37. The number of hydrogen-bond acceptors (Lipinski definition) is 5. The molecule has 7 nitrogen and oxygen atoms in total. The van der Waals surface area contributed by atoms with Crippen molar-refractivity contribution in [1.29, 1.82) is 0 Å². The van der Waals surface area contributed by atoms with E-state index in [9.17, 15) is 9.18 Å². The Morgan fingerprint density at radius 1 is 1.28 bits per heavy atom. The van der Waals surface area contributed by atoms with E-state index in [1.54, 1.807) is 41.3 Å². The molecule has 0 unspecified atom stereocenters. The number of benzene rings is 1. The first-order valence-corrected chi connectivity index (χ1v) is 11.2. The smallest absolute Gasteiger partial charge is 0.254 e. The second-order valence-electron chi connectivity index (χ2n) is 8.37. The summed E-state index contributed by atoms with van der Waals surface area (Å²) in [7, 11) is 0. The number of halogens is 1. The number of amides is 1. The molecule has 1 fully saturated rings. The van der Waals surface area contributed by atoms with Crippen LogP contribution in [0.25, 0.3) is 17.2 Å². The third-order valence-corrected chi connectivity index (χ3v) is 5.98. The Morgan fingerprint density at radius 3 is 2.84 bits per heavy atom. The normalized spacial score (nSPS) is 16.6. The van der Waals surface area contributed by atoms with Gasteiger partial charge in [-0.1, -0.05) is 32.9 Å². The summed E-state index contributed by atoms with van der Waals surface area (Å²) in [6.45, 7) is 8.85. The molecule has 8 heteroatoms. The minimum absolute atomic E-state index is 0.0117. The standard InChI is InChI=1S/C24H29FN6O/c1-4-30-13-7-8-17(30)14-27-23(32)19-15-28-31(22(19)16(2)3)24-26-12-11-21(29-24)18-9-5-6-10-20(18)25/h5-6,9-12,15-17H,4,7-8,13-14H2,1-3H3,(H,27,32)/t17-/m1/s1. The third kappa shape index (κ3) is 4.41. The first kappa shape index (κ1) is 22.1. The van der Waals surface area contributed by atoms with Gasteiger partial charge in [0.25, 0.3) is 11.9 Å². The van der Waals surface area contributed by atoms with E-state index in [-0.39, 0.29) is 17.6 Å². The van der Waals surface area contributed by atoms with E-state index in [1.807, 2.05) is 13.8 Å². The van der Waals surface area contributed by atoms with Crippen molar-refractivity contribution in [3.05, 3.63) is 59.8 Å². The molecule has 3 heterocycles. The topological polar surface area (TPSA) is 75.9 Å². The predicted octanol–water partition coefficient (Wildman–Crippen LogP) is 3.81. The van der Waals surface area contributed by atoms with Crippen molar-refractivity contribution < 1.29 is 9.18 Å². The molecule has 0 radical (unpaired) electrons. The van der Waals surface area contributed by atoms with Crippen molar-refractivity contribution in [2.75, 3.05) is 19.6 Å². The molecule has 168 valence electrons. The number of hydrogen-bond donors (Lipinski definition) is 1. The molecule has 0 saturated carbocycles. The zero-order valence-corrected chi connectivity index (χ0v) is 18.8. The summed E-state index contributed by atoms with van der Waals surface area (Å²) in [5.41, 5.74) is 2.10. The van der Waals surface area contributed by atoms with Gasteiger partial charge in [0, 0.05) is 24.3 Å². The SMILES string of the molecule is CCN1CCC[C@@H]1CNC(=O)c1cnn(-c2nccc(-c3ccccc3F)n2)c1C(C)C. The van der Waals surface area contributed by atoms with Crippen LogP contribution in [0.2, 0.25) is 0 Å². The zero-order chi connectivity index (χ0) is 22.7. The van der Waals surface area contributed by atoms with E-state index in [2.05, 4.69) is 32.2 Å². The molecule has 0 aliphatic carbocycles. The van der Waals surface area contributed by atoms with Crippen LogP contribution in [0, 0.1) is 5.82 Å². The first-order valence-electron chi connectivity index (χ1n) is 11.2. The van der Waals surface area contributed by atoms with Crippen LogP contribution < -0.4 is 5.32 Å². The number of nitrogens with one attached hydrogen (secondary N) is 1. The van der Waals surface area contributed by atoms with Crippen LogP contribution in [0.3, 0.4) is 0 Å². The molecule has 0 spiro atoms. The van der Waals surface area contributed by atoms with Crippen LogP contribution in [0.5, 0.6) is 0 Å². The van der Waals surface area contributed by atoms with Crippen LogP contribution >= 0.6 is 0 Å². The van der Waals surface area contributed by atoms with Crippen molar-refractivity contribution in [3.63, 3.8) is 0 Å².